The van der Waals surface area contributed by atoms with E-state index in [1.54, 1.807) is 0 Å². The Morgan fingerprint density at radius 1 is 0.882 bits per heavy atom. The number of rotatable bonds is 5. The lowest BCUT2D eigenvalue weighted by Crippen LogP contribution is -1.89. The molecule has 1 nitrogen and oxygen atoms in total. The Morgan fingerprint density at radius 3 is 2.47 bits per heavy atom. The molecule has 0 aliphatic rings. The summed E-state index contributed by atoms with van der Waals surface area (Å²) >= 11 is 3.58. The van der Waals surface area contributed by atoms with Gasteiger partial charge in [-0.05, 0) is 41.7 Å². The molecule has 0 atom stereocenters. The quantitative estimate of drug-likeness (QED) is 0.709. The van der Waals surface area contributed by atoms with Crippen LogP contribution >= 0.6 is 15.9 Å². The highest BCUT2D eigenvalue weighted by Gasteiger charge is 2.02. The van der Waals surface area contributed by atoms with Crippen LogP contribution in [0.2, 0.25) is 0 Å². The molecule has 0 amide bonds. The van der Waals surface area contributed by atoms with Crippen molar-refractivity contribution in [3.63, 3.8) is 0 Å². The summed E-state index contributed by atoms with van der Waals surface area (Å²) in [7, 11) is 0. The largest absolute Gasteiger partial charge is 0.237 e. The molecular weight excluding hydrogens is 276 g/mol. The smallest absolute Gasteiger partial charge is 0.0822 e. The van der Waals surface area contributed by atoms with Gasteiger partial charge in [-0.2, -0.15) is 0 Å². The first-order valence-corrected chi connectivity index (χ1v) is 6.86. The van der Waals surface area contributed by atoms with Crippen molar-refractivity contribution in [3.8, 4) is 0 Å². The molecule has 0 saturated heterocycles. The van der Waals surface area contributed by atoms with E-state index in [0.29, 0.717) is 0 Å². The summed E-state index contributed by atoms with van der Waals surface area (Å²) in [4.78, 5) is 0. The second-order valence-corrected chi connectivity index (χ2v) is 5.12. The zero-order valence-electron chi connectivity index (χ0n) is 9.79. The summed E-state index contributed by atoms with van der Waals surface area (Å²) in [5.74, 6) is 0. The van der Waals surface area contributed by atoms with Gasteiger partial charge < -0.3 is 0 Å². The predicted molar refractivity (Wildman–Crippen MR) is 74.8 cm³/mol. The third-order valence-electron chi connectivity index (χ3n) is 3.05. The molecular formula is C15H16BrO. The minimum absolute atomic E-state index is 0.0566. The van der Waals surface area contributed by atoms with E-state index in [1.807, 2.05) is 0 Å². The average molecular weight is 292 g/mol. The van der Waals surface area contributed by atoms with E-state index >= 15 is 0 Å². The van der Waals surface area contributed by atoms with Crippen LogP contribution in [0.15, 0.2) is 40.9 Å². The van der Waals surface area contributed by atoms with Gasteiger partial charge in [0, 0.05) is 4.47 Å². The van der Waals surface area contributed by atoms with Crippen molar-refractivity contribution in [2.75, 3.05) is 6.61 Å². The first kappa shape index (κ1) is 12.6. The molecule has 0 heterocycles. The van der Waals surface area contributed by atoms with Crippen molar-refractivity contribution in [2.24, 2.45) is 0 Å². The van der Waals surface area contributed by atoms with Crippen LogP contribution in [-0.4, -0.2) is 6.61 Å². The summed E-state index contributed by atoms with van der Waals surface area (Å²) in [6.07, 6.45) is 4.00. The van der Waals surface area contributed by atoms with Crippen LogP contribution in [0.3, 0.4) is 0 Å². The van der Waals surface area contributed by atoms with Crippen LogP contribution in [0, 0.1) is 0 Å². The molecule has 2 aromatic carbocycles. The van der Waals surface area contributed by atoms with E-state index in [-0.39, 0.29) is 6.61 Å². The van der Waals surface area contributed by atoms with Crippen LogP contribution in [0.5, 0.6) is 0 Å². The van der Waals surface area contributed by atoms with Crippen molar-refractivity contribution < 1.29 is 5.11 Å². The maximum Gasteiger partial charge on any atom is 0.0822 e. The van der Waals surface area contributed by atoms with Gasteiger partial charge in [0.05, 0.1) is 6.61 Å². The number of aryl methyl sites for hydroxylation is 1. The first-order chi connectivity index (χ1) is 8.33. The van der Waals surface area contributed by atoms with Gasteiger partial charge >= 0.3 is 0 Å². The highest BCUT2D eigenvalue weighted by atomic mass is 79.9. The van der Waals surface area contributed by atoms with Crippen LogP contribution in [0.1, 0.15) is 24.8 Å². The van der Waals surface area contributed by atoms with Crippen LogP contribution in [-0.2, 0) is 11.5 Å². The number of hydrogen-bond donors (Lipinski definition) is 0. The van der Waals surface area contributed by atoms with E-state index in [2.05, 4.69) is 52.3 Å². The first-order valence-electron chi connectivity index (χ1n) is 6.07. The maximum absolute atomic E-state index is 10.4. The molecule has 17 heavy (non-hydrogen) atoms. The number of hydrogen-bond acceptors (Lipinski definition) is 0. The highest BCUT2D eigenvalue weighted by molar-refractivity contribution is 9.10. The SMILES string of the molecule is [O]CCCCCc1cccc2c(Br)cccc12. The molecule has 89 valence electrons. The molecule has 2 aromatic rings. The van der Waals surface area contributed by atoms with Crippen LogP contribution in [0.4, 0.5) is 0 Å². The predicted octanol–water partition coefficient (Wildman–Crippen LogP) is 4.75. The van der Waals surface area contributed by atoms with Crippen LogP contribution < -0.4 is 0 Å². The molecule has 0 spiro atoms. The standard InChI is InChI=1S/C15H16BrO/c16-15-10-5-8-13-12(6-2-1-3-11-17)7-4-9-14(13)15/h4-5,7-10H,1-3,6,11H2. The van der Waals surface area contributed by atoms with E-state index in [0.717, 1.165) is 30.2 Å². The summed E-state index contributed by atoms with van der Waals surface area (Å²) in [5, 5.41) is 13.0. The zero-order valence-corrected chi connectivity index (χ0v) is 11.4. The summed E-state index contributed by atoms with van der Waals surface area (Å²) in [6, 6.07) is 12.8. The molecule has 0 fully saturated rings. The average Bonchev–Trinajstić information content (AvgIpc) is 2.36. The van der Waals surface area contributed by atoms with Crippen molar-refractivity contribution >= 4 is 26.7 Å². The molecule has 0 aromatic heterocycles. The Hall–Kier alpha value is -0.860. The molecule has 0 saturated carbocycles. The molecule has 2 rings (SSSR count). The molecule has 0 unspecified atom stereocenters. The lowest BCUT2D eigenvalue weighted by atomic mass is 10.00. The molecule has 0 N–H and O–H groups in total. The van der Waals surface area contributed by atoms with Gasteiger partial charge in [-0.15, -0.1) is 0 Å². The fraction of sp³-hybridized carbons (Fsp3) is 0.333. The third-order valence-corrected chi connectivity index (χ3v) is 3.74. The van der Waals surface area contributed by atoms with Gasteiger partial charge in [0.2, 0.25) is 0 Å². The minimum atomic E-state index is 0.0566. The van der Waals surface area contributed by atoms with Gasteiger partial charge in [0.15, 0.2) is 0 Å². The fourth-order valence-electron chi connectivity index (χ4n) is 2.15. The Morgan fingerprint density at radius 2 is 1.65 bits per heavy atom. The lowest BCUT2D eigenvalue weighted by Gasteiger charge is -2.07. The van der Waals surface area contributed by atoms with Crippen molar-refractivity contribution in [3.05, 3.63) is 46.4 Å². The van der Waals surface area contributed by atoms with Crippen LogP contribution in [0.25, 0.3) is 10.8 Å². The number of halogens is 1. The number of benzene rings is 2. The number of unbranched alkanes of at least 4 members (excludes halogenated alkanes) is 2. The monoisotopic (exact) mass is 291 g/mol. The second kappa shape index (κ2) is 6.18. The minimum Gasteiger partial charge on any atom is -0.237 e. The highest BCUT2D eigenvalue weighted by Crippen LogP contribution is 2.27. The van der Waals surface area contributed by atoms with E-state index < -0.39 is 0 Å². The fourth-order valence-corrected chi connectivity index (χ4v) is 2.65. The Labute approximate surface area is 111 Å². The number of fused-ring (bicyclic) bond motifs is 1. The van der Waals surface area contributed by atoms with E-state index in [9.17, 15) is 5.11 Å². The molecule has 0 bridgehead atoms. The maximum atomic E-state index is 10.4. The second-order valence-electron chi connectivity index (χ2n) is 4.27. The van der Waals surface area contributed by atoms with E-state index in [1.165, 1.54) is 16.3 Å². The van der Waals surface area contributed by atoms with Gasteiger partial charge in [-0.25, -0.2) is 5.11 Å². The van der Waals surface area contributed by atoms with Crippen molar-refractivity contribution in [1.29, 1.82) is 0 Å². The van der Waals surface area contributed by atoms with Gasteiger partial charge in [0.25, 0.3) is 0 Å². The topological polar surface area (TPSA) is 19.9 Å². The van der Waals surface area contributed by atoms with Crippen molar-refractivity contribution in [2.45, 2.75) is 25.7 Å². The normalized spacial score (nSPS) is 10.9. The van der Waals surface area contributed by atoms with Gasteiger partial charge in [-0.3, -0.25) is 0 Å². The molecule has 1 radical (unpaired) electrons. The molecule has 0 aliphatic heterocycles. The molecule has 0 aliphatic carbocycles. The van der Waals surface area contributed by atoms with E-state index in [4.69, 9.17) is 0 Å². The van der Waals surface area contributed by atoms with Crippen molar-refractivity contribution in [1.82, 2.24) is 0 Å². The van der Waals surface area contributed by atoms with Gasteiger partial charge in [0.1, 0.15) is 0 Å². The van der Waals surface area contributed by atoms with Gasteiger partial charge in [-0.1, -0.05) is 52.7 Å². The Balaban J connectivity index is 2.19. The summed E-state index contributed by atoms with van der Waals surface area (Å²) in [5.41, 5.74) is 1.38. The lowest BCUT2D eigenvalue weighted by molar-refractivity contribution is 0.186. The molecule has 2 heteroatoms. The Bertz CT molecular complexity index is 493. The third kappa shape index (κ3) is 3.08. The summed E-state index contributed by atoms with van der Waals surface area (Å²) in [6.45, 7) is 0.0566. The Kier molecular flexibility index (Phi) is 4.57. The zero-order chi connectivity index (χ0) is 12.1. The summed E-state index contributed by atoms with van der Waals surface area (Å²) < 4.78 is 1.15.